The van der Waals surface area contributed by atoms with Crippen LogP contribution >= 0.6 is 11.3 Å². The third-order valence-corrected chi connectivity index (χ3v) is 4.00. The zero-order chi connectivity index (χ0) is 9.26. The van der Waals surface area contributed by atoms with E-state index in [1.165, 1.54) is 34.8 Å². The van der Waals surface area contributed by atoms with Crippen molar-refractivity contribution < 1.29 is 0 Å². The van der Waals surface area contributed by atoms with Gasteiger partial charge in [0.25, 0.3) is 0 Å². The summed E-state index contributed by atoms with van der Waals surface area (Å²) in [7, 11) is 2.05. The van der Waals surface area contributed by atoms with E-state index in [2.05, 4.69) is 17.2 Å². The van der Waals surface area contributed by atoms with Crippen molar-refractivity contribution in [2.45, 2.75) is 38.6 Å². The Bertz CT molecular complexity index is 293. The minimum atomic E-state index is 0.571. The first-order valence-corrected chi connectivity index (χ1v) is 5.82. The van der Waals surface area contributed by atoms with Gasteiger partial charge in [0.1, 0.15) is 0 Å². The van der Waals surface area contributed by atoms with Crippen LogP contribution in [0, 0.1) is 0 Å². The maximum atomic E-state index is 4.65. The van der Waals surface area contributed by atoms with Gasteiger partial charge in [-0.1, -0.05) is 6.92 Å². The predicted molar refractivity (Wildman–Crippen MR) is 56.2 cm³/mol. The number of nitrogens with one attached hydrogen (secondary N) is 1. The van der Waals surface area contributed by atoms with Crippen LogP contribution in [0.3, 0.4) is 0 Å². The summed E-state index contributed by atoms with van der Waals surface area (Å²) in [6.45, 7) is 2.18. The second-order valence-corrected chi connectivity index (χ2v) is 4.62. The first-order valence-electron chi connectivity index (χ1n) is 5.01. The summed E-state index contributed by atoms with van der Waals surface area (Å²) in [5.41, 5.74) is 1.35. The van der Waals surface area contributed by atoms with Gasteiger partial charge in [-0.05, 0) is 32.7 Å². The summed E-state index contributed by atoms with van der Waals surface area (Å²) >= 11 is 1.89. The average molecular weight is 196 g/mol. The molecule has 72 valence electrons. The van der Waals surface area contributed by atoms with Crippen LogP contribution < -0.4 is 5.32 Å². The van der Waals surface area contributed by atoms with Gasteiger partial charge in [-0.15, -0.1) is 11.3 Å². The minimum Gasteiger partial charge on any atom is -0.312 e. The molecular formula is C10H16N2S. The Morgan fingerprint density at radius 2 is 2.46 bits per heavy atom. The van der Waals surface area contributed by atoms with Gasteiger partial charge < -0.3 is 5.32 Å². The number of thiazole rings is 1. The number of fused-ring (bicyclic) bond motifs is 1. The Labute approximate surface area is 83.4 Å². The van der Waals surface area contributed by atoms with Crippen LogP contribution in [-0.4, -0.2) is 12.0 Å². The summed E-state index contributed by atoms with van der Waals surface area (Å²) in [5.74, 6) is 0. The molecule has 0 amide bonds. The Hall–Kier alpha value is -0.410. The number of aryl methyl sites for hydroxylation is 2. The highest BCUT2D eigenvalue weighted by Crippen LogP contribution is 2.33. The van der Waals surface area contributed by atoms with Gasteiger partial charge in [0.15, 0.2) is 0 Å². The van der Waals surface area contributed by atoms with Crippen LogP contribution in [0.15, 0.2) is 0 Å². The molecule has 3 heteroatoms. The Kier molecular flexibility index (Phi) is 2.65. The van der Waals surface area contributed by atoms with Crippen molar-refractivity contribution in [3.05, 3.63) is 15.6 Å². The van der Waals surface area contributed by atoms with Crippen molar-refractivity contribution in [1.82, 2.24) is 10.3 Å². The van der Waals surface area contributed by atoms with Crippen molar-refractivity contribution in [3.8, 4) is 0 Å². The second-order valence-electron chi connectivity index (χ2n) is 3.51. The fraction of sp³-hybridized carbons (Fsp3) is 0.700. The molecule has 2 rings (SSSR count). The van der Waals surface area contributed by atoms with E-state index in [0.29, 0.717) is 6.04 Å². The standard InChI is InChI=1S/C10H16N2S/c1-3-9-12-8-6-4-5-7(11-2)10(8)13-9/h7,11H,3-6H2,1-2H3/t7-/m1/s1. The molecular weight excluding hydrogens is 180 g/mol. The normalized spacial score (nSPS) is 21.5. The number of aromatic nitrogens is 1. The lowest BCUT2D eigenvalue weighted by Gasteiger charge is -2.20. The number of nitrogens with zero attached hydrogens (tertiary/aromatic N) is 1. The second kappa shape index (κ2) is 3.76. The van der Waals surface area contributed by atoms with E-state index in [1.807, 2.05) is 18.4 Å². The monoisotopic (exact) mass is 196 g/mol. The smallest absolute Gasteiger partial charge is 0.0928 e. The topological polar surface area (TPSA) is 24.9 Å². The highest BCUT2D eigenvalue weighted by molar-refractivity contribution is 7.11. The number of hydrogen-bond acceptors (Lipinski definition) is 3. The van der Waals surface area contributed by atoms with Crippen LogP contribution in [0.25, 0.3) is 0 Å². The van der Waals surface area contributed by atoms with Crippen molar-refractivity contribution in [1.29, 1.82) is 0 Å². The minimum absolute atomic E-state index is 0.571. The van der Waals surface area contributed by atoms with Crippen molar-refractivity contribution >= 4 is 11.3 Å². The molecule has 1 aliphatic rings. The third-order valence-electron chi connectivity index (χ3n) is 2.65. The molecule has 0 saturated heterocycles. The maximum Gasteiger partial charge on any atom is 0.0928 e. The molecule has 0 fully saturated rings. The summed E-state index contributed by atoms with van der Waals surface area (Å²) in [6, 6.07) is 0.571. The highest BCUT2D eigenvalue weighted by Gasteiger charge is 2.22. The molecule has 0 saturated carbocycles. The summed E-state index contributed by atoms with van der Waals surface area (Å²) in [6.07, 6.45) is 4.82. The van der Waals surface area contributed by atoms with Crippen molar-refractivity contribution in [3.63, 3.8) is 0 Å². The summed E-state index contributed by atoms with van der Waals surface area (Å²) in [5, 5.41) is 4.67. The first-order chi connectivity index (χ1) is 6.35. The molecule has 0 aromatic carbocycles. The first kappa shape index (κ1) is 9.16. The van der Waals surface area contributed by atoms with Crippen molar-refractivity contribution in [2.75, 3.05) is 7.05 Å². The largest absolute Gasteiger partial charge is 0.312 e. The van der Waals surface area contributed by atoms with E-state index >= 15 is 0 Å². The molecule has 0 radical (unpaired) electrons. The molecule has 1 aromatic rings. The van der Waals surface area contributed by atoms with E-state index in [0.717, 1.165) is 6.42 Å². The van der Waals surface area contributed by atoms with Crippen molar-refractivity contribution in [2.24, 2.45) is 0 Å². The van der Waals surface area contributed by atoms with Crippen LogP contribution in [0.4, 0.5) is 0 Å². The van der Waals surface area contributed by atoms with Crippen LogP contribution in [0.5, 0.6) is 0 Å². The zero-order valence-corrected chi connectivity index (χ0v) is 9.08. The van der Waals surface area contributed by atoms with Gasteiger partial charge >= 0.3 is 0 Å². The Morgan fingerprint density at radius 3 is 3.15 bits per heavy atom. The van der Waals surface area contributed by atoms with E-state index in [1.54, 1.807) is 0 Å². The summed E-state index contributed by atoms with van der Waals surface area (Å²) in [4.78, 5) is 6.14. The average Bonchev–Trinajstić information content (AvgIpc) is 2.59. The van der Waals surface area contributed by atoms with Gasteiger partial charge in [0.05, 0.1) is 10.7 Å². The molecule has 1 aliphatic carbocycles. The van der Waals surface area contributed by atoms with E-state index < -0.39 is 0 Å². The lowest BCUT2D eigenvalue weighted by Crippen LogP contribution is -2.19. The molecule has 2 nitrogen and oxygen atoms in total. The molecule has 0 bridgehead atoms. The van der Waals surface area contributed by atoms with Crippen LogP contribution in [0.2, 0.25) is 0 Å². The van der Waals surface area contributed by atoms with Gasteiger partial charge in [0.2, 0.25) is 0 Å². The molecule has 1 atom stereocenters. The van der Waals surface area contributed by atoms with Gasteiger partial charge in [-0.3, -0.25) is 0 Å². The fourth-order valence-electron chi connectivity index (χ4n) is 1.90. The molecule has 1 heterocycles. The molecule has 1 N–H and O–H groups in total. The molecule has 0 spiro atoms. The van der Waals surface area contributed by atoms with Crippen LogP contribution in [0.1, 0.15) is 41.4 Å². The van der Waals surface area contributed by atoms with E-state index in [9.17, 15) is 0 Å². The van der Waals surface area contributed by atoms with Gasteiger partial charge in [-0.2, -0.15) is 0 Å². The predicted octanol–water partition coefficient (Wildman–Crippen LogP) is 2.30. The lowest BCUT2D eigenvalue weighted by atomic mass is 9.98. The third kappa shape index (κ3) is 1.63. The van der Waals surface area contributed by atoms with Gasteiger partial charge in [-0.25, -0.2) is 4.98 Å². The molecule has 0 aliphatic heterocycles. The van der Waals surface area contributed by atoms with Crippen LogP contribution in [-0.2, 0) is 12.8 Å². The lowest BCUT2D eigenvalue weighted by molar-refractivity contribution is 0.501. The zero-order valence-electron chi connectivity index (χ0n) is 8.26. The maximum absolute atomic E-state index is 4.65. The number of rotatable bonds is 2. The fourth-order valence-corrected chi connectivity index (χ4v) is 3.09. The Morgan fingerprint density at radius 1 is 1.62 bits per heavy atom. The summed E-state index contributed by atoms with van der Waals surface area (Å²) < 4.78 is 0. The molecule has 0 unspecified atom stereocenters. The molecule has 1 aromatic heterocycles. The SMILES string of the molecule is CCc1nc2c(s1)[C@H](NC)CCC2. The van der Waals surface area contributed by atoms with E-state index in [4.69, 9.17) is 0 Å². The van der Waals surface area contributed by atoms with Gasteiger partial charge in [0, 0.05) is 10.9 Å². The Balaban J connectivity index is 2.32. The highest BCUT2D eigenvalue weighted by atomic mass is 32.1. The molecule has 13 heavy (non-hydrogen) atoms. The quantitative estimate of drug-likeness (QED) is 0.785. The number of hydrogen-bond donors (Lipinski definition) is 1. The van der Waals surface area contributed by atoms with E-state index in [-0.39, 0.29) is 0 Å².